The molecular weight excluding hydrogens is 158 g/mol. The summed E-state index contributed by atoms with van der Waals surface area (Å²) in [6, 6.07) is 0. The van der Waals surface area contributed by atoms with Gasteiger partial charge in [-0.15, -0.1) is 0 Å². The van der Waals surface area contributed by atoms with Crippen molar-refractivity contribution >= 4 is 5.97 Å². The number of unbranched alkanes of at least 4 members (excludes halogenated alkanes) is 1. The smallest absolute Gasteiger partial charge is 0.341 e. The van der Waals surface area contributed by atoms with Gasteiger partial charge in [0.15, 0.2) is 6.10 Å². The minimum absolute atomic E-state index is 0.406. The lowest BCUT2D eigenvalue weighted by atomic mass is 10.3. The highest BCUT2D eigenvalue weighted by atomic mass is 16.6. The molecule has 0 saturated carbocycles. The van der Waals surface area contributed by atoms with Crippen LogP contribution in [0.1, 0.15) is 19.8 Å². The van der Waals surface area contributed by atoms with E-state index in [-0.39, 0.29) is 0 Å². The molecule has 70 valence electrons. The van der Waals surface area contributed by atoms with Crippen molar-refractivity contribution in [3.63, 3.8) is 0 Å². The Morgan fingerprint density at radius 1 is 1.75 bits per heavy atom. The van der Waals surface area contributed by atoms with Gasteiger partial charge < -0.3 is 4.74 Å². The number of rotatable bonds is 6. The average Bonchev–Trinajstić information content (AvgIpc) is 2.07. The van der Waals surface area contributed by atoms with E-state index >= 15 is 0 Å². The van der Waals surface area contributed by atoms with E-state index < -0.39 is 12.1 Å². The van der Waals surface area contributed by atoms with E-state index in [1.165, 1.54) is 6.08 Å². The normalized spacial score (nSPS) is 12.2. The van der Waals surface area contributed by atoms with Crippen molar-refractivity contribution in [3.05, 3.63) is 12.7 Å². The molecule has 4 nitrogen and oxygen atoms in total. The van der Waals surface area contributed by atoms with Crippen LogP contribution in [0.4, 0.5) is 0 Å². The first-order valence-corrected chi connectivity index (χ1v) is 3.91. The van der Waals surface area contributed by atoms with E-state index in [0.717, 1.165) is 12.8 Å². The van der Waals surface area contributed by atoms with Crippen LogP contribution in [0.5, 0.6) is 0 Å². The summed E-state index contributed by atoms with van der Waals surface area (Å²) in [6.07, 6.45) is 2.28. The SMILES string of the molecule is C=CC(ON)C(=O)OCCCC. The minimum Gasteiger partial charge on any atom is -0.463 e. The maximum absolute atomic E-state index is 11.0. The lowest BCUT2D eigenvalue weighted by Crippen LogP contribution is -2.27. The Labute approximate surface area is 72.3 Å². The zero-order valence-corrected chi connectivity index (χ0v) is 7.29. The van der Waals surface area contributed by atoms with Gasteiger partial charge in [-0.25, -0.2) is 10.7 Å². The maximum Gasteiger partial charge on any atom is 0.341 e. The first-order chi connectivity index (χ1) is 5.76. The molecule has 0 fully saturated rings. The molecule has 0 bridgehead atoms. The van der Waals surface area contributed by atoms with Gasteiger partial charge in [-0.05, 0) is 12.5 Å². The molecule has 1 atom stereocenters. The van der Waals surface area contributed by atoms with Gasteiger partial charge in [0.1, 0.15) is 0 Å². The largest absolute Gasteiger partial charge is 0.463 e. The predicted octanol–water partition coefficient (Wildman–Crippen LogP) is 0.775. The number of carbonyl (C=O) groups is 1. The van der Waals surface area contributed by atoms with E-state index in [0.29, 0.717) is 6.61 Å². The summed E-state index contributed by atoms with van der Waals surface area (Å²) >= 11 is 0. The van der Waals surface area contributed by atoms with Gasteiger partial charge in [-0.3, -0.25) is 4.84 Å². The van der Waals surface area contributed by atoms with Crippen LogP contribution in [0.3, 0.4) is 0 Å². The molecule has 12 heavy (non-hydrogen) atoms. The number of nitrogens with two attached hydrogens (primary N) is 1. The van der Waals surface area contributed by atoms with Gasteiger partial charge in [-0.1, -0.05) is 19.9 Å². The number of esters is 1. The van der Waals surface area contributed by atoms with Crippen LogP contribution in [0.15, 0.2) is 12.7 Å². The molecule has 0 heterocycles. The van der Waals surface area contributed by atoms with Crippen molar-refractivity contribution in [2.24, 2.45) is 5.90 Å². The number of hydrogen-bond acceptors (Lipinski definition) is 4. The highest BCUT2D eigenvalue weighted by Gasteiger charge is 2.15. The molecule has 0 radical (unpaired) electrons. The molecule has 4 heteroatoms. The molecule has 0 saturated heterocycles. The second-order valence-corrected chi connectivity index (χ2v) is 2.31. The molecule has 0 aromatic heterocycles. The molecule has 0 spiro atoms. The monoisotopic (exact) mass is 173 g/mol. The van der Waals surface area contributed by atoms with Gasteiger partial charge in [0, 0.05) is 0 Å². The van der Waals surface area contributed by atoms with Gasteiger partial charge in [-0.2, -0.15) is 0 Å². The van der Waals surface area contributed by atoms with Crippen molar-refractivity contribution < 1.29 is 14.4 Å². The molecule has 0 aliphatic rings. The Bertz CT molecular complexity index is 147. The third kappa shape index (κ3) is 4.10. The molecule has 0 rings (SSSR count). The molecule has 0 aromatic rings. The van der Waals surface area contributed by atoms with Crippen LogP contribution in [0, 0.1) is 0 Å². The highest BCUT2D eigenvalue weighted by Crippen LogP contribution is 1.95. The third-order valence-electron chi connectivity index (χ3n) is 1.34. The van der Waals surface area contributed by atoms with Crippen molar-refractivity contribution in [1.29, 1.82) is 0 Å². The first kappa shape index (κ1) is 11.1. The Hall–Kier alpha value is -0.870. The van der Waals surface area contributed by atoms with E-state index in [2.05, 4.69) is 11.4 Å². The van der Waals surface area contributed by atoms with Crippen LogP contribution in [0.25, 0.3) is 0 Å². The fraction of sp³-hybridized carbons (Fsp3) is 0.625. The number of hydrogen-bond donors (Lipinski definition) is 1. The lowest BCUT2D eigenvalue weighted by Gasteiger charge is -2.08. The van der Waals surface area contributed by atoms with Crippen molar-refractivity contribution in [1.82, 2.24) is 0 Å². The Morgan fingerprint density at radius 3 is 2.83 bits per heavy atom. The maximum atomic E-state index is 11.0. The summed E-state index contributed by atoms with van der Waals surface area (Å²) in [5.74, 6) is 4.33. The molecule has 0 amide bonds. The van der Waals surface area contributed by atoms with Crippen LogP contribution >= 0.6 is 0 Å². The number of carbonyl (C=O) groups excluding carboxylic acids is 1. The summed E-state index contributed by atoms with van der Waals surface area (Å²) < 4.78 is 4.81. The van der Waals surface area contributed by atoms with Gasteiger partial charge in [0.05, 0.1) is 6.61 Å². The van der Waals surface area contributed by atoms with Gasteiger partial charge in [0.2, 0.25) is 0 Å². The van der Waals surface area contributed by atoms with E-state index in [4.69, 9.17) is 10.6 Å². The fourth-order valence-corrected chi connectivity index (χ4v) is 0.607. The molecule has 0 aliphatic carbocycles. The second kappa shape index (κ2) is 6.82. The molecular formula is C8H15NO3. The lowest BCUT2D eigenvalue weighted by molar-refractivity contribution is -0.154. The minimum atomic E-state index is -0.846. The molecule has 2 N–H and O–H groups in total. The van der Waals surface area contributed by atoms with Crippen molar-refractivity contribution in [3.8, 4) is 0 Å². The van der Waals surface area contributed by atoms with Crippen LogP contribution in [-0.4, -0.2) is 18.7 Å². The Balaban J connectivity index is 3.62. The summed E-state index contributed by atoms with van der Waals surface area (Å²) in [6.45, 7) is 5.79. The Kier molecular flexibility index (Phi) is 6.32. The van der Waals surface area contributed by atoms with Crippen molar-refractivity contribution in [2.45, 2.75) is 25.9 Å². The van der Waals surface area contributed by atoms with Crippen LogP contribution < -0.4 is 5.90 Å². The topological polar surface area (TPSA) is 61.5 Å². The zero-order chi connectivity index (χ0) is 9.40. The quantitative estimate of drug-likeness (QED) is 0.279. The average molecular weight is 173 g/mol. The highest BCUT2D eigenvalue weighted by molar-refractivity contribution is 5.76. The van der Waals surface area contributed by atoms with Crippen LogP contribution in [0.2, 0.25) is 0 Å². The molecule has 0 aliphatic heterocycles. The molecule has 1 unspecified atom stereocenters. The second-order valence-electron chi connectivity index (χ2n) is 2.31. The van der Waals surface area contributed by atoms with Gasteiger partial charge in [0.25, 0.3) is 0 Å². The summed E-state index contributed by atoms with van der Waals surface area (Å²) in [4.78, 5) is 15.3. The van der Waals surface area contributed by atoms with E-state index in [9.17, 15) is 4.79 Å². The van der Waals surface area contributed by atoms with Gasteiger partial charge >= 0.3 is 5.97 Å². The first-order valence-electron chi connectivity index (χ1n) is 3.91. The predicted molar refractivity (Wildman–Crippen MR) is 45.1 cm³/mol. The van der Waals surface area contributed by atoms with E-state index in [1.54, 1.807) is 0 Å². The standard InChI is InChI=1S/C8H15NO3/c1-3-5-6-11-8(10)7(4-2)12-9/h4,7H,2-3,5-6,9H2,1H3. The summed E-state index contributed by atoms with van der Waals surface area (Å²) in [7, 11) is 0. The number of ether oxygens (including phenoxy) is 1. The third-order valence-corrected chi connectivity index (χ3v) is 1.34. The van der Waals surface area contributed by atoms with Crippen LogP contribution in [-0.2, 0) is 14.4 Å². The summed E-state index contributed by atoms with van der Waals surface area (Å²) in [5, 5.41) is 0. The summed E-state index contributed by atoms with van der Waals surface area (Å²) in [5.41, 5.74) is 0. The Morgan fingerprint density at radius 2 is 2.42 bits per heavy atom. The molecule has 0 aromatic carbocycles. The zero-order valence-electron chi connectivity index (χ0n) is 7.29. The van der Waals surface area contributed by atoms with Crippen molar-refractivity contribution in [2.75, 3.05) is 6.61 Å². The fourth-order valence-electron chi connectivity index (χ4n) is 0.607. The van der Waals surface area contributed by atoms with E-state index in [1.807, 2.05) is 6.92 Å².